The van der Waals surface area contributed by atoms with Crippen LogP contribution in [-0.2, 0) is 4.74 Å². The summed E-state index contributed by atoms with van der Waals surface area (Å²) in [6.07, 6.45) is 3.81. The van der Waals surface area contributed by atoms with Gasteiger partial charge >= 0.3 is 0 Å². The van der Waals surface area contributed by atoms with E-state index < -0.39 is 0 Å². The van der Waals surface area contributed by atoms with Crippen LogP contribution in [0.25, 0.3) is 0 Å². The van der Waals surface area contributed by atoms with Crippen LogP contribution in [0.15, 0.2) is 18.3 Å². The van der Waals surface area contributed by atoms with Crippen LogP contribution >= 0.6 is 11.6 Å². The number of rotatable bonds is 4. The zero-order valence-electron chi connectivity index (χ0n) is 10.4. The summed E-state index contributed by atoms with van der Waals surface area (Å²) < 4.78 is 5.59. The highest BCUT2D eigenvalue weighted by molar-refractivity contribution is 6.32. The molecule has 2 heterocycles. The minimum absolute atomic E-state index is 0.171. The number of amides is 1. The Morgan fingerprint density at radius 3 is 3.22 bits per heavy atom. The van der Waals surface area contributed by atoms with Gasteiger partial charge in [0.1, 0.15) is 5.15 Å². The van der Waals surface area contributed by atoms with Crippen molar-refractivity contribution in [1.82, 2.24) is 10.3 Å². The Balaban J connectivity index is 1.91. The smallest absolute Gasteiger partial charge is 0.254 e. The summed E-state index contributed by atoms with van der Waals surface area (Å²) in [5, 5.41) is 3.14. The third kappa shape index (κ3) is 3.00. The van der Waals surface area contributed by atoms with E-state index >= 15 is 0 Å². The third-order valence-corrected chi connectivity index (χ3v) is 3.58. The van der Waals surface area contributed by atoms with Crippen LogP contribution in [0.1, 0.15) is 30.1 Å². The number of aromatic nitrogens is 1. The number of halogens is 1. The Hall–Kier alpha value is -1.13. The lowest BCUT2D eigenvalue weighted by Crippen LogP contribution is -2.32. The second-order valence-corrected chi connectivity index (χ2v) is 4.78. The second kappa shape index (κ2) is 6.16. The molecule has 1 amide bonds. The molecule has 1 aromatic heterocycles. The van der Waals surface area contributed by atoms with Crippen LogP contribution in [0.5, 0.6) is 0 Å². The van der Waals surface area contributed by atoms with Gasteiger partial charge in [-0.05, 0) is 25.0 Å². The summed E-state index contributed by atoms with van der Waals surface area (Å²) in [6, 6.07) is 3.38. The quantitative estimate of drug-likeness (QED) is 0.853. The molecule has 0 bridgehead atoms. The summed E-state index contributed by atoms with van der Waals surface area (Å²) in [4.78, 5) is 15.8. The monoisotopic (exact) mass is 268 g/mol. The standard InChI is InChI=1S/C13H17ClN2O2/c1-2-11-9(5-7-18-11)8-16-13(17)10-4-3-6-15-12(10)14/h3-4,6,9,11H,2,5,7-8H2,1H3,(H,16,17). The normalized spacial score (nSPS) is 23.0. The SMILES string of the molecule is CCC1OCCC1CNC(=O)c1cccnc1Cl. The lowest BCUT2D eigenvalue weighted by Gasteiger charge is -2.17. The van der Waals surface area contributed by atoms with Crippen molar-refractivity contribution in [3.63, 3.8) is 0 Å². The molecule has 1 fully saturated rings. The van der Waals surface area contributed by atoms with Gasteiger partial charge in [-0.15, -0.1) is 0 Å². The maximum atomic E-state index is 11.9. The molecule has 0 spiro atoms. The highest BCUT2D eigenvalue weighted by Crippen LogP contribution is 2.22. The maximum Gasteiger partial charge on any atom is 0.254 e. The van der Waals surface area contributed by atoms with Crippen molar-refractivity contribution in [2.45, 2.75) is 25.9 Å². The summed E-state index contributed by atoms with van der Waals surface area (Å²) in [6.45, 7) is 3.51. The zero-order valence-corrected chi connectivity index (χ0v) is 11.1. The molecule has 2 rings (SSSR count). The molecule has 0 aliphatic carbocycles. The van der Waals surface area contributed by atoms with Crippen LogP contribution in [0.2, 0.25) is 5.15 Å². The van der Waals surface area contributed by atoms with Crippen LogP contribution in [0.3, 0.4) is 0 Å². The number of hydrogen-bond donors (Lipinski definition) is 1. The second-order valence-electron chi connectivity index (χ2n) is 4.42. The Bertz CT molecular complexity index is 425. The first-order valence-electron chi connectivity index (χ1n) is 6.22. The molecule has 1 aliphatic heterocycles. The number of ether oxygens (including phenoxy) is 1. The molecule has 4 nitrogen and oxygen atoms in total. The molecule has 2 atom stereocenters. The zero-order chi connectivity index (χ0) is 13.0. The van der Waals surface area contributed by atoms with Gasteiger partial charge in [-0.25, -0.2) is 4.98 Å². The molecule has 1 N–H and O–H groups in total. The van der Waals surface area contributed by atoms with Gasteiger partial charge in [0.15, 0.2) is 0 Å². The van der Waals surface area contributed by atoms with Gasteiger partial charge in [-0.2, -0.15) is 0 Å². The average molecular weight is 269 g/mol. The number of nitrogens with one attached hydrogen (secondary N) is 1. The number of pyridine rings is 1. The molecular weight excluding hydrogens is 252 g/mol. The molecule has 0 aromatic carbocycles. The Labute approximate surface area is 112 Å². The number of carbonyl (C=O) groups is 1. The molecule has 0 saturated carbocycles. The van der Waals surface area contributed by atoms with E-state index in [-0.39, 0.29) is 17.2 Å². The minimum atomic E-state index is -0.171. The van der Waals surface area contributed by atoms with Crippen LogP contribution in [0.4, 0.5) is 0 Å². The van der Waals surface area contributed by atoms with E-state index in [1.165, 1.54) is 0 Å². The minimum Gasteiger partial charge on any atom is -0.378 e. The Morgan fingerprint density at radius 2 is 2.50 bits per heavy atom. The molecule has 18 heavy (non-hydrogen) atoms. The van der Waals surface area contributed by atoms with Gasteiger partial charge in [0.2, 0.25) is 0 Å². The van der Waals surface area contributed by atoms with E-state index in [9.17, 15) is 4.79 Å². The molecule has 1 aliphatic rings. The first-order chi connectivity index (χ1) is 8.72. The van der Waals surface area contributed by atoms with E-state index in [1.54, 1.807) is 18.3 Å². The summed E-state index contributed by atoms with van der Waals surface area (Å²) in [7, 11) is 0. The van der Waals surface area contributed by atoms with Crippen LogP contribution < -0.4 is 5.32 Å². The van der Waals surface area contributed by atoms with Crippen molar-refractivity contribution in [3.8, 4) is 0 Å². The van der Waals surface area contributed by atoms with Gasteiger partial charge in [0.05, 0.1) is 11.7 Å². The van der Waals surface area contributed by atoms with Crippen molar-refractivity contribution in [1.29, 1.82) is 0 Å². The fourth-order valence-electron chi connectivity index (χ4n) is 2.25. The lowest BCUT2D eigenvalue weighted by atomic mass is 9.99. The highest BCUT2D eigenvalue weighted by Gasteiger charge is 2.27. The molecule has 2 unspecified atom stereocenters. The average Bonchev–Trinajstić information content (AvgIpc) is 2.84. The summed E-state index contributed by atoms with van der Waals surface area (Å²) >= 11 is 5.87. The fourth-order valence-corrected chi connectivity index (χ4v) is 2.46. The largest absolute Gasteiger partial charge is 0.378 e. The predicted molar refractivity (Wildman–Crippen MR) is 69.7 cm³/mol. The molecular formula is C13H17ClN2O2. The molecule has 98 valence electrons. The van der Waals surface area contributed by atoms with E-state index in [2.05, 4.69) is 17.2 Å². The molecule has 5 heteroatoms. The van der Waals surface area contributed by atoms with Crippen molar-refractivity contribution in [2.75, 3.05) is 13.2 Å². The number of nitrogens with zero attached hydrogens (tertiary/aromatic N) is 1. The first-order valence-corrected chi connectivity index (χ1v) is 6.60. The Morgan fingerprint density at radius 1 is 1.67 bits per heavy atom. The van der Waals surface area contributed by atoms with Crippen molar-refractivity contribution in [3.05, 3.63) is 29.0 Å². The van der Waals surface area contributed by atoms with E-state index in [0.717, 1.165) is 19.4 Å². The predicted octanol–water partition coefficient (Wildman–Crippen LogP) is 2.28. The number of hydrogen-bond acceptors (Lipinski definition) is 3. The molecule has 1 saturated heterocycles. The molecule has 1 aromatic rings. The van der Waals surface area contributed by atoms with E-state index in [4.69, 9.17) is 16.3 Å². The van der Waals surface area contributed by atoms with Gasteiger partial charge < -0.3 is 10.1 Å². The van der Waals surface area contributed by atoms with Crippen molar-refractivity contribution in [2.24, 2.45) is 5.92 Å². The highest BCUT2D eigenvalue weighted by atomic mass is 35.5. The third-order valence-electron chi connectivity index (χ3n) is 3.28. The van der Waals surface area contributed by atoms with Gasteiger partial charge in [0, 0.05) is 25.3 Å². The van der Waals surface area contributed by atoms with E-state index in [0.29, 0.717) is 18.0 Å². The number of carbonyl (C=O) groups excluding carboxylic acids is 1. The maximum absolute atomic E-state index is 11.9. The summed E-state index contributed by atoms with van der Waals surface area (Å²) in [5.41, 5.74) is 0.422. The Kier molecular flexibility index (Phi) is 4.55. The van der Waals surface area contributed by atoms with Gasteiger partial charge in [-0.1, -0.05) is 18.5 Å². The lowest BCUT2D eigenvalue weighted by molar-refractivity contribution is 0.0827. The fraction of sp³-hybridized carbons (Fsp3) is 0.538. The first kappa shape index (κ1) is 13.3. The van der Waals surface area contributed by atoms with Crippen molar-refractivity contribution < 1.29 is 9.53 Å². The molecule has 0 radical (unpaired) electrons. The van der Waals surface area contributed by atoms with Crippen LogP contribution in [-0.4, -0.2) is 30.1 Å². The van der Waals surface area contributed by atoms with E-state index in [1.807, 2.05) is 0 Å². The van der Waals surface area contributed by atoms with Gasteiger partial charge in [0.25, 0.3) is 5.91 Å². The van der Waals surface area contributed by atoms with Crippen LogP contribution in [0, 0.1) is 5.92 Å². The van der Waals surface area contributed by atoms with Crippen molar-refractivity contribution >= 4 is 17.5 Å². The van der Waals surface area contributed by atoms with Gasteiger partial charge in [-0.3, -0.25) is 4.79 Å². The summed E-state index contributed by atoms with van der Waals surface area (Å²) in [5.74, 6) is 0.226. The topological polar surface area (TPSA) is 51.2 Å².